The Bertz CT molecular complexity index is 771. The lowest BCUT2D eigenvalue weighted by molar-refractivity contribution is -0.121. The SMILES string of the molecule is C#CCCC(=O)NC1[B]Cc2c(cccc2C(=O)OC(C)OC(=C)OCC)C1. The molecule has 6 nitrogen and oxygen atoms in total. The van der Waals surface area contributed by atoms with E-state index < -0.39 is 12.3 Å². The molecule has 28 heavy (non-hydrogen) atoms. The number of amides is 1. The first-order chi connectivity index (χ1) is 13.4. The van der Waals surface area contributed by atoms with Gasteiger partial charge in [-0.3, -0.25) is 4.79 Å². The lowest BCUT2D eigenvalue weighted by Crippen LogP contribution is -2.44. The minimum absolute atomic E-state index is 0.0706. The lowest BCUT2D eigenvalue weighted by atomic mass is 9.57. The van der Waals surface area contributed by atoms with Gasteiger partial charge in [0, 0.05) is 25.7 Å². The predicted molar refractivity (Wildman–Crippen MR) is 106 cm³/mol. The molecule has 2 rings (SSSR count). The molecule has 1 radical (unpaired) electrons. The third-order valence-corrected chi connectivity index (χ3v) is 4.26. The maximum Gasteiger partial charge on any atom is 0.341 e. The van der Waals surface area contributed by atoms with Crippen molar-refractivity contribution >= 4 is 19.2 Å². The number of hydrogen-bond donors (Lipinski definition) is 1. The molecule has 1 aliphatic rings. The molecular formula is C21H25BNO5. The van der Waals surface area contributed by atoms with E-state index >= 15 is 0 Å². The molecule has 1 aliphatic heterocycles. The molecule has 0 spiro atoms. The molecule has 1 amide bonds. The third kappa shape index (κ3) is 6.09. The molecule has 1 N–H and O–H groups in total. The van der Waals surface area contributed by atoms with Crippen molar-refractivity contribution in [2.45, 2.75) is 51.7 Å². The molecule has 147 valence electrons. The van der Waals surface area contributed by atoms with Crippen LogP contribution in [-0.2, 0) is 31.7 Å². The zero-order valence-electron chi connectivity index (χ0n) is 16.3. The van der Waals surface area contributed by atoms with Gasteiger partial charge in [-0.05, 0) is 37.1 Å². The highest BCUT2D eigenvalue weighted by Gasteiger charge is 2.26. The fraction of sp³-hybridized carbons (Fsp3) is 0.429. The van der Waals surface area contributed by atoms with Crippen molar-refractivity contribution < 1.29 is 23.8 Å². The van der Waals surface area contributed by atoms with Gasteiger partial charge in [-0.1, -0.05) is 18.5 Å². The number of hydrogen-bond acceptors (Lipinski definition) is 5. The zero-order chi connectivity index (χ0) is 20.5. The second-order valence-corrected chi connectivity index (χ2v) is 6.36. The summed E-state index contributed by atoms with van der Waals surface area (Å²) in [6.45, 7) is 7.43. The molecule has 1 aromatic carbocycles. The van der Waals surface area contributed by atoms with E-state index in [2.05, 4.69) is 17.8 Å². The highest BCUT2D eigenvalue weighted by Crippen LogP contribution is 2.23. The molecule has 0 aliphatic carbocycles. The molecule has 0 fully saturated rings. The number of rotatable bonds is 9. The summed E-state index contributed by atoms with van der Waals surface area (Å²) in [6.07, 6.45) is 6.27. The summed E-state index contributed by atoms with van der Waals surface area (Å²) in [5.74, 6) is 1.94. The second-order valence-electron chi connectivity index (χ2n) is 6.36. The standard InChI is InChI=1S/C21H25BNO5/c1-5-7-11-20(24)23-19-12-16-9-8-10-17(18(16)13-22-19)21(25)28-15(4)27-14(3)26-6-2/h1,8-10,15,19H,3,6-7,11-13H2,2,4H3,(H,23,24). The average Bonchev–Trinajstić information content (AvgIpc) is 2.65. The lowest BCUT2D eigenvalue weighted by Gasteiger charge is -2.26. The van der Waals surface area contributed by atoms with Crippen molar-refractivity contribution in [3.05, 3.63) is 47.4 Å². The quantitative estimate of drug-likeness (QED) is 0.233. The number of nitrogens with one attached hydrogen (secondary N) is 1. The zero-order valence-corrected chi connectivity index (χ0v) is 16.3. The second kappa shape index (κ2) is 10.5. The highest BCUT2D eigenvalue weighted by molar-refractivity contribution is 6.38. The van der Waals surface area contributed by atoms with Crippen molar-refractivity contribution in [2.24, 2.45) is 0 Å². The Labute approximate surface area is 166 Å². The summed E-state index contributed by atoms with van der Waals surface area (Å²) in [5.41, 5.74) is 2.40. The minimum atomic E-state index is -0.821. The van der Waals surface area contributed by atoms with Crippen molar-refractivity contribution in [1.82, 2.24) is 5.32 Å². The number of benzene rings is 1. The van der Waals surface area contributed by atoms with Gasteiger partial charge in [0.15, 0.2) is 0 Å². The van der Waals surface area contributed by atoms with Gasteiger partial charge < -0.3 is 19.5 Å². The van der Waals surface area contributed by atoms with Crippen LogP contribution in [0.1, 0.15) is 48.2 Å². The van der Waals surface area contributed by atoms with Crippen molar-refractivity contribution in [2.75, 3.05) is 6.61 Å². The largest absolute Gasteiger partial charge is 0.466 e. The number of fused-ring (bicyclic) bond motifs is 1. The smallest absolute Gasteiger partial charge is 0.341 e. The maximum atomic E-state index is 12.6. The summed E-state index contributed by atoms with van der Waals surface area (Å²) in [6, 6.07) is 5.49. The van der Waals surface area contributed by atoms with Crippen LogP contribution in [0, 0.1) is 12.3 Å². The fourth-order valence-electron chi connectivity index (χ4n) is 3.03. The van der Waals surface area contributed by atoms with E-state index in [1.807, 2.05) is 26.3 Å². The first-order valence-corrected chi connectivity index (χ1v) is 9.30. The Morgan fingerprint density at radius 1 is 1.43 bits per heavy atom. The Balaban J connectivity index is 1.99. The maximum absolute atomic E-state index is 12.6. The van der Waals surface area contributed by atoms with Crippen LogP contribution in [0.2, 0.25) is 0 Å². The van der Waals surface area contributed by atoms with E-state index in [9.17, 15) is 9.59 Å². The van der Waals surface area contributed by atoms with E-state index in [4.69, 9.17) is 20.6 Å². The predicted octanol–water partition coefficient (Wildman–Crippen LogP) is 2.33. The molecule has 0 saturated heterocycles. The molecule has 0 bridgehead atoms. The fourth-order valence-corrected chi connectivity index (χ4v) is 3.03. The number of terminal acetylenes is 1. The molecule has 7 heteroatoms. The number of esters is 1. The molecule has 1 aromatic rings. The van der Waals surface area contributed by atoms with Gasteiger partial charge in [0.05, 0.1) is 12.2 Å². The number of ether oxygens (including phenoxy) is 3. The Kier molecular flexibility index (Phi) is 8.00. The van der Waals surface area contributed by atoms with Crippen LogP contribution in [0.15, 0.2) is 30.7 Å². The molecule has 2 unspecified atom stereocenters. The average molecular weight is 382 g/mol. The van der Waals surface area contributed by atoms with E-state index in [-0.39, 0.29) is 17.8 Å². The van der Waals surface area contributed by atoms with Gasteiger partial charge in [-0.2, -0.15) is 0 Å². The van der Waals surface area contributed by atoms with E-state index in [0.29, 0.717) is 37.8 Å². The van der Waals surface area contributed by atoms with Crippen LogP contribution >= 0.6 is 0 Å². The van der Waals surface area contributed by atoms with Crippen LogP contribution in [0.4, 0.5) is 0 Å². The van der Waals surface area contributed by atoms with Crippen LogP contribution in [0.25, 0.3) is 0 Å². The Hall–Kier alpha value is -2.88. The van der Waals surface area contributed by atoms with Crippen molar-refractivity contribution in [1.29, 1.82) is 0 Å². The monoisotopic (exact) mass is 382 g/mol. The van der Waals surface area contributed by atoms with Crippen LogP contribution in [-0.4, -0.2) is 38.0 Å². The Morgan fingerprint density at radius 3 is 2.93 bits per heavy atom. The van der Waals surface area contributed by atoms with Crippen LogP contribution in [0.3, 0.4) is 0 Å². The number of carbonyl (C=O) groups is 2. The molecule has 0 aromatic heterocycles. The van der Waals surface area contributed by atoms with Gasteiger partial charge in [0.1, 0.15) is 7.28 Å². The molecule has 2 atom stereocenters. The van der Waals surface area contributed by atoms with Gasteiger partial charge in [0.2, 0.25) is 12.2 Å². The summed E-state index contributed by atoms with van der Waals surface area (Å²) >= 11 is 0. The third-order valence-electron chi connectivity index (χ3n) is 4.26. The summed E-state index contributed by atoms with van der Waals surface area (Å²) in [4.78, 5) is 24.5. The van der Waals surface area contributed by atoms with Gasteiger partial charge >= 0.3 is 5.97 Å². The van der Waals surface area contributed by atoms with Crippen LogP contribution in [0.5, 0.6) is 0 Å². The first-order valence-electron chi connectivity index (χ1n) is 9.30. The van der Waals surface area contributed by atoms with E-state index in [1.54, 1.807) is 13.0 Å². The summed E-state index contributed by atoms with van der Waals surface area (Å²) in [7, 11) is 1.99. The van der Waals surface area contributed by atoms with Crippen LogP contribution < -0.4 is 5.32 Å². The topological polar surface area (TPSA) is 73.9 Å². The van der Waals surface area contributed by atoms with Gasteiger partial charge in [-0.15, -0.1) is 12.3 Å². The Morgan fingerprint density at radius 2 is 2.21 bits per heavy atom. The number of carbonyl (C=O) groups excluding carboxylic acids is 2. The van der Waals surface area contributed by atoms with Crippen molar-refractivity contribution in [3.8, 4) is 12.3 Å². The first kappa shape index (κ1) is 21.4. The van der Waals surface area contributed by atoms with E-state index in [0.717, 1.165) is 11.1 Å². The van der Waals surface area contributed by atoms with Crippen molar-refractivity contribution in [3.63, 3.8) is 0 Å². The molecule has 1 heterocycles. The summed E-state index contributed by atoms with van der Waals surface area (Å²) < 4.78 is 15.7. The molecular weight excluding hydrogens is 357 g/mol. The molecule has 0 saturated carbocycles. The van der Waals surface area contributed by atoms with Gasteiger partial charge in [0.25, 0.3) is 5.95 Å². The summed E-state index contributed by atoms with van der Waals surface area (Å²) in [5, 5.41) is 2.96. The normalized spacial score (nSPS) is 15.8. The highest BCUT2D eigenvalue weighted by atomic mass is 16.8. The minimum Gasteiger partial charge on any atom is -0.466 e. The van der Waals surface area contributed by atoms with Gasteiger partial charge in [-0.25, -0.2) is 4.79 Å². The van der Waals surface area contributed by atoms with E-state index in [1.165, 1.54) is 0 Å².